The summed E-state index contributed by atoms with van der Waals surface area (Å²) in [6, 6.07) is 11.5. The van der Waals surface area contributed by atoms with Crippen molar-refractivity contribution in [1.29, 1.82) is 0 Å². The first-order chi connectivity index (χ1) is 12.6. The summed E-state index contributed by atoms with van der Waals surface area (Å²) in [4.78, 5) is 28.7. The van der Waals surface area contributed by atoms with Crippen LogP contribution in [-0.2, 0) is 22.4 Å². The van der Waals surface area contributed by atoms with Crippen LogP contribution in [0.25, 0.3) is 0 Å². The zero-order valence-corrected chi connectivity index (χ0v) is 15.0. The van der Waals surface area contributed by atoms with Crippen LogP contribution < -0.4 is 10.6 Å². The number of nitrogens with one attached hydrogen (secondary N) is 2. The largest absolute Gasteiger partial charge is 0.354 e. The fourth-order valence-electron chi connectivity index (χ4n) is 2.73. The van der Waals surface area contributed by atoms with Crippen molar-refractivity contribution in [1.82, 2.24) is 15.6 Å². The van der Waals surface area contributed by atoms with Gasteiger partial charge in [-0.3, -0.25) is 14.6 Å². The first-order valence-corrected chi connectivity index (χ1v) is 9.51. The molecule has 2 amide bonds. The van der Waals surface area contributed by atoms with Crippen LogP contribution in [0.4, 0.5) is 4.39 Å². The average Bonchev–Trinajstić information content (AvgIpc) is 2.66. The Hall–Kier alpha value is -2.41. The second kappa shape index (κ2) is 8.80. The molecular weight excluding hydrogens is 353 g/mol. The molecule has 1 aromatic heterocycles. The highest BCUT2D eigenvalue weighted by Crippen LogP contribution is 2.23. The Morgan fingerprint density at radius 1 is 1.27 bits per heavy atom. The van der Waals surface area contributed by atoms with Gasteiger partial charge in [0.05, 0.1) is 5.25 Å². The molecule has 1 fully saturated rings. The van der Waals surface area contributed by atoms with Gasteiger partial charge in [0.1, 0.15) is 11.9 Å². The number of carbonyl (C=O) groups excluding carboxylic acids is 2. The molecule has 0 unspecified atom stereocenters. The molecule has 5 nitrogen and oxygen atoms in total. The highest BCUT2D eigenvalue weighted by Gasteiger charge is 2.32. The lowest BCUT2D eigenvalue weighted by Crippen LogP contribution is -2.54. The number of nitrogens with zero attached hydrogens (tertiary/aromatic N) is 1. The van der Waals surface area contributed by atoms with E-state index in [4.69, 9.17) is 0 Å². The Labute approximate surface area is 155 Å². The molecule has 0 radical (unpaired) electrons. The standard InChI is InChI=1S/C19H20FN3O2S/c20-15-7-2-1-5-13(15)11-17-19(25)23-16(12-26-17)18(24)22-10-8-14-6-3-4-9-21-14/h1-7,9,16-17H,8,10-12H2,(H,22,24)(H,23,25)/t16-,17+/m0/s1. The van der Waals surface area contributed by atoms with Gasteiger partial charge in [0.15, 0.2) is 0 Å². The Morgan fingerprint density at radius 2 is 2.08 bits per heavy atom. The van der Waals surface area contributed by atoms with Crippen molar-refractivity contribution in [3.05, 3.63) is 65.7 Å². The minimum Gasteiger partial charge on any atom is -0.354 e. The molecule has 3 rings (SSSR count). The van der Waals surface area contributed by atoms with E-state index in [0.29, 0.717) is 30.7 Å². The summed E-state index contributed by atoms with van der Waals surface area (Å²) < 4.78 is 13.7. The van der Waals surface area contributed by atoms with E-state index in [1.54, 1.807) is 24.4 Å². The van der Waals surface area contributed by atoms with E-state index in [2.05, 4.69) is 15.6 Å². The fraction of sp³-hybridized carbons (Fsp3) is 0.316. The number of carbonyl (C=O) groups is 2. The lowest BCUT2D eigenvalue weighted by Gasteiger charge is -2.28. The van der Waals surface area contributed by atoms with Gasteiger partial charge < -0.3 is 10.6 Å². The molecule has 2 atom stereocenters. The van der Waals surface area contributed by atoms with E-state index in [1.807, 2.05) is 18.2 Å². The number of hydrogen-bond donors (Lipinski definition) is 2. The predicted octanol–water partition coefficient (Wildman–Crippen LogP) is 1.72. The van der Waals surface area contributed by atoms with Gasteiger partial charge in [-0.05, 0) is 30.2 Å². The molecule has 7 heteroatoms. The normalized spacial score (nSPS) is 19.7. The van der Waals surface area contributed by atoms with Crippen LogP contribution in [0.5, 0.6) is 0 Å². The maximum absolute atomic E-state index is 13.7. The zero-order valence-electron chi connectivity index (χ0n) is 14.2. The number of benzene rings is 1. The molecule has 26 heavy (non-hydrogen) atoms. The summed E-state index contributed by atoms with van der Waals surface area (Å²) >= 11 is 1.39. The molecule has 1 aliphatic heterocycles. The van der Waals surface area contributed by atoms with E-state index >= 15 is 0 Å². The minimum atomic E-state index is -0.562. The van der Waals surface area contributed by atoms with Gasteiger partial charge in [0, 0.05) is 30.6 Å². The number of hydrogen-bond acceptors (Lipinski definition) is 4. The van der Waals surface area contributed by atoms with E-state index in [-0.39, 0.29) is 22.9 Å². The van der Waals surface area contributed by atoms with Crippen molar-refractivity contribution in [2.24, 2.45) is 0 Å². The van der Waals surface area contributed by atoms with Gasteiger partial charge in [-0.2, -0.15) is 0 Å². The predicted molar refractivity (Wildman–Crippen MR) is 99.2 cm³/mol. The van der Waals surface area contributed by atoms with E-state index in [9.17, 15) is 14.0 Å². The highest BCUT2D eigenvalue weighted by molar-refractivity contribution is 8.00. The number of rotatable bonds is 6. The van der Waals surface area contributed by atoms with Crippen LogP contribution in [0.3, 0.4) is 0 Å². The average molecular weight is 373 g/mol. The van der Waals surface area contributed by atoms with Gasteiger partial charge in [-0.1, -0.05) is 24.3 Å². The molecule has 1 aromatic carbocycles. The van der Waals surface area contributed by atoms with Gasteiger partial charge in [-0.25, -0.2) is 4.39 Å². The Balaban J connectivity index is 1.46. The quantitative estimate of drug-likeness (QED) is 0.809. The molecule has 0 aliphatic carbocycles. The van der Waals surface area contributed by atoms with Gasteiger partial charge in [0.25, 0.3) is 0 Å². The topological polar surface area (TPSA) is 71.1 Å². The third-order valence-corrected chi connectivity index (χ3v) is 5.47. The maximum atomic E-state index is 13.7. The fourth-order valence-corrected chi connectivity index (χ4v) is 3.91. The second-order valence-corrected chi connectivity index (χ2v) is 7.28. The zero-order chi connectivity index (χ0) is 18.4. The first kappa shape index (κ1) is 18.4. The van der Waals surface area contributed by atoms with Crippen molar-refractivity contribution in [3.63, 3.8) is 0 Å². The van der Waals surface area contributed by atoms with Crippen LogP contribution in [0.1, 0.15) is 11.3 Å². The van der Waals surface area contributed by atoms with Gasteiger partial charge in [-0.15, -0.1) is 11.8 Å². The second-order valence-electron chi connectivity index (χ2n) is 6.04. The monoisotopic (exact) mass is 373 g/mol. The number of halogens is 1. The number of aromatic nitrogens is 1. The first-order valence-electron chi connectivity index (χ1n) is 8.46. The Kier molecular flexibility index (Phi) is 6.22. The molecule has 1 aliphatic rings. The summed E-state index contributed by atoms with van der Waals surface area (Å²) in [6.45, 7) is 0.464. The molecule has 2 heterocycles. The molecule has 2 N–H and O–H groups in total. The molecule has 0 saturated carbocycles. The third kappa shape index (κ3) is 4.82. The van der Waals surface area contributed by atoms with E-state index in [1.165, 1.54) is 17.8 Å². The summed E-state index contributed by atoms with van der Waals surface area (Å²) in [5.41, 5.74) is 1.42. The van der Waals surface area contributed by atoms with Crippen molar-refractivity contribution >= 4 is 23.6 Å². The van der Waals surface area contributed by atoms with Crippen molar-refractivity contribution in [2.45, 2.75) is 24.1 Å². The smallest absolute Gasteiger partial charge is 0.243 e. The maximum Gasteiger partial charge on any atom is 0.243 e. The molecule has 2 aromatic rings. The molecule has 1 saturated heterocycles. The van der Waals surface area contributed by atoms with Crippen molar-refractivity contribution < 1.29 is 14.0 Å². The van der Waals surface area contributed by atoms with Crippen LogP contribution in [0, 0.1) is 5.82 Å². The summed E-state index contributed by atoms with van der Waals surface area (Å²) in [6.07, 6.45) is 2.67. The number of amides is 2. The van der Waals surface area contributed by atoms with Gasteiger partial charge in [0.2, 0.25) is 11.8 Å². The summed E-state index contributed by atoms with van der Waals surface area (Å²) in [5.74, 6) is -0.268. The van der Waals surface area contributed by atoms with E-state index < -0.39 is 6.04 Å². The van der Waals surface area contributed by atoms with Gasteiger partial charge >= 0.3 is 0 Å². The van der Waals surface area contributed by atoms with Crippen molar-refractivity contribution in [3.8, 4) is 0 Å². The molecular formula is C19H20FN3O2S. The summed E-state index contributed by atoms with van der Waals surface area (Å²) in [7, 11) is 0. The molecule has 0 spiro atoms. The van der Waals surface area contributed by atoms with E-state index in [0.717, 1.165) is 5.69 Å². The van der Waals surface area contributed by atoms with Crippen LogP contribution >= 0.6 is 11.8 Å². The molecule has 136 valence electrons. The summed E-state index contributed by atoms with van der Waals surface area (Å²) in [5, 5.41) is 5.19. The Bertz CT molecular complexity index is 772. The SMILES string of the molecule is O=C(NCCc1ccccn1)[C@@H]1CS[C@H](Cc2ccccc2F)C(=O)N1. The number of pyridine rings is 1. The van der Waals surface area contributed by atoms with Crippen LogP contribution in [-0.4, -0.2) is 40.4 Å². The number of thioether (sulfide) groups is 1. The van der Waals surface area contributed by atoms with Crippen LogP contribution in [0.15, 0.2) is 48.7 Å². The third-order valence-electron chi connectivity index (χ3n) is 4.16. The lowest BCUT2D eigenvalue weighted by molar-refractivity contribution is -0.128. The minimum absolute atomic E-state index is 0.203. The highest BCUT2D eigenvalue weighted by atomic mass is 32.2. The van der Waals surface area contributed by atoms with Crippen molar-refractivity contribution in [2.75, 3.05) is 12.3 Å². The Morgan fingerprint density at radius 3 is 2.81 bits per heavy atom. The van der Waals surface area contributed by atoms with Crippen LogP contribution in [0.2, 0.25) is 0 Å². The lowest BCUT2D eigenvalue weighted by atomic mass is 10.1. The molecule has 0 bridgehead atoms.